The Morgan fingerprint density at radius 1 is 1.40 bits per heavy atom. The van der Waals surface area contributed by atoms with E-state index in [2.05, 4.69) is 18.7 Å². The second-order valence-electron chi connectivity index (χ2n) is 3.20. The van der Waals surface area contributed by atoms with Crippen molar-refractivity contribution in [3.05, 3.63) is 0 Å². The number of hydrogen-bond donors (Lipinski definition) is 1. The molecule has 0 aliphatic carbocycles. The number of hydrogen-bond acceptors (Lipinski definition) is 1. The molecule has 58 valence electrons. The Labute approximate surface area is 67.4 Å². The lowest BCUT2D eigenvalue weighted by molar-refractivity contribution is 0.494. The van der Waals surface area contributed by atoms with Crippen molar-refractivity contribution < 1.29 is 0 Å². The maximum atomic E-state index is 5.48. The first-order chi connectivity index (χ1) is 4.61. The fourth-order valence-electron chi connectivity index (χ4n) is 1.31. The van der Waals surface area contributed by atoms with Crippen molar-refractivity contribution >= 4 is 17.3 Å². The van der Waals surface area contributed by atoms with Crippen LogP contribution in [0.25, 0.3) is 0 Å². The summed E-state index contributed by atoms with van der Waals surface area (Å²) in [6.45, 7) is 6.55. The van der Waals surface area contributed by atoms with Crippen LogP contribution in [0.3, 0.4) is 0 Å². The summed E-state index contributed by atoms with van der Waals surface area (Å²) >= 11 is 4.86. The van der Waals surface area contributed by atoms with Gasteiger partial charge in [-0.25, -0.2) is 0 Å². The predicted molar refractivity (Wildman–Crippen MR) is 46.7 cm³/mol. The normalized spacial score (nSPS) is 32.8. The Morgan fingerprint density at radius 3 is 2.00 bits per heavy atom. The molecule has 0 saturated carbocycles. The summed E-state index contributed by atoms with van der Waals surface area (Å²) in [5, 5.41) is 0.552. The van der Waals surface area contributed by atoms with Gasteiger partial charge >= 0.3 is 0 Å². The third-order valence-corrected chi connectivity index (χ3v) is 2.56. The highest BCUT2D eigenvalue weighted by molar-refractivity contribution is 7.80. The number of rotatable bonds is 0. The zero-order valence-corrected chi connectivity index (χ0v) is 7.32. The van der Waals surface area contributed by atoms with Crippen LogP contribution in [-0.4, -0.2) is 23.1 Å². The van der Waals surface area contributed by atoms with Crippen LogP contribution < -0.4 is 5.73 Å². The third kappa shape index (κ3) is 1.40. The van der Waals surface area contributed by atoms with Crippen LogP contribution >= 0.6 is 12.2 Å². The second-order valence-corrected chi connectivity index (χ2v) is 3.62. The van der Waals surface area contributed by atoms with E-state index in [0.29, 0.717) is 5.11 Å². The lowest BCUT2D eigenvalue weighted by Crippen LogP contribution is -2.33. The highest BCUT2D eigenvalue weighted by Gasteiger charge is 2.26. The molecule has 0 radical (unpaired) electrons. The summed E-state index contributed by atoms with van der Waals surface area (Å²) in [6, 6.07) is 0. The first-order valence-corrected chi connectivity index (χ1v) is 4.06. The SMILES string of the molecule is CC1CN(C(N)=S)CC1C. The van der Waals surface area contributed by atoms with Crippen molar-refractivity contribution in [2.75, 3.05) is 13.1 Å². The third-order valence-electron chi connectivity index (χ3n) is 2.30. The summed E-state index contributed by atoms with van der Waals surface area (Å²) in [4.78, 5) is 2.07. The molecule has 0 bridgehead atoms. The van der Waals surface area contributed by atoms with Gasteiger partial charge in [-0.15, -0.1) is 0 Å². The van der Waals surface area contributed by atoms with E-state index >= 15 is 0 Å². The van der Waals surface area contributed by atoms with Crippen LogP contribution in [0.4, 0.5) is 0 Å². The van der Waals surface area contributed by atoms with Crippen molar-refractivity contribution in [2.45, 2.75) is 13.8 Å². The zero-order chi connectivity index (χ0) is 7.72. The summed E-state index contributed by atoms with van der Waals surface area (Å²) in [6.07, 6.45) is 0. The number of likely N-dealkylation sites (tertiary alicyclic amines) is 1. The molecule has 0 aromatic heterocycles. The fraction of sp³-hybridized carbons (Fsp3) is 0.857. The average Bonchev–Trinajstić information content (AvgIpc) is 2.13. The quantitative estimate of drug-likeness (QED) is 0.529. The molecule has 0 aromatic rings. The van der Waals surface area contributed by atoms with E-state index in [1.54, 1.807) is 0 Å². The minimum Gasteiger partial charge on any atom is -0.376 e. The molecule has 0 amide bonds. The minimum absolute atomic E-state index is 0.552. The molecule has 1 rings (SSSR count). The van der Waals surface area contributed by atoms with Gasteiger partial charge < -0.3 is 10.6 Å². The molecule has 2 unspecified atom stereocenters. The molecule has 0 aromatic carbocycles. The maximum absolute atomic E-state index is 5.48. The second kappa shape index (κ2) is 2.74. The van der Waals surface area contributed by atoms with Crippen molar-refractivity contribution in [1.82, 2.24) is 4.90 Å². The van der Waals surface area contributed by atoms with Crippen LogP contribution in [-0.2, 0) is 0 Å². The number of nitrogens with zero attached hydrogens (tertiary/aromatic N) is 1. The fourth-order valence-corrected chi connectivity index (χ4v) is 1.46. The Kier molecular flexibility index (Phi) is 2.14. The molecule has 1 aliphatic heterocycles. The van der Waals surface area contributed by atoms with Crippen molar-refractivity contribution in [3.63, 3.8) is 0 Å². The summed E-state index contributed by atoms with van der Waals surface area (Å²) in [5.74, 6) is 1.47. The van der Waals surface area contributed by atoms with Gasteiger partial charge in [0.25, 0.3) is 0 Å². The molecule has 3 heteroatoms. The van der Waals surface area contributed by atoms with Gasteiger partial charge in [-0.1, -0.05) is 13.8 Å². The van der Waals surface area contributed by atoms with E-state index < -0.39 is 0 Å². The van der Waals surface area contributed by atoms with Crippen molar-refractivity contribution in [1.29, 1.82) is 0 Å². The number of thiocarbonyl (C=S) groups is 1. The van der Waals surface area contributed by atoms with Crippen LogP contribution in [0.1, 0.15) is 13.8 Å². The first-order valence-electron chi connectivity index (χ1n) is 3.65. The van der Waals surface area contributed by atoms with Gasteiger partial charge in [-0.3, -0.25) is 0 Å². The monoisotopic (exact) mass is 158 g/mol. The zero-order valence-electron chi connectivity index (χ0n) is 6.50. The van der Waals surface area contributed by atoms with Gasteiger partial charge in [0.1, 0.15) is 0 Å². The smallest absolute Gasteiger partial charge is 0.166 e. The van der Waals surface area contributed by atoms with Crippen LogP contribution in [0, 0.1) is 11.8 Å². The van der Waals surface area contributed by atoms with E-state index in [0.717, 1.165) is 24.9 Å². The lowest BCUT2D eigenvalue weighted by atomic mass is 10.0. The molecule has 1 aliphatic rings. The molecule has 2 atom stereocenters. The van der Waals surface area contributed by atoms with E-state index in [1.807, 2.05) is 0 Å². The summed E-state index contributed by atoms with van der Waals surface area (Å²) < 4.78 is 0. The molecule has 2 nitrogen and oxygen atoms in total. The summed E-state index contributed by atoms with van der Waals surface area (Å²) in [5.41, 5.74) is 5.48. The highest BCUT2D eigenvalue weighted by atomic mass is 32.1. The van der Waals surface area contributed by atoms with Gasteiger partial charge in [-0.05, 0) is 24.1 Å². The minimum atomic E-state index is 0.552. The largest absolute Gasteiger partial charge is 0.376 e. The molecule has 1 saturated heterocycles. The topological polar surface area (TPSA) is 29.3 Å². The molecular formula is C7H14N2S. The maximum Gasteiger partial charge on any atom is 0.166 e. The molecule has 1 heterocycles. The molecule has 2 N–H and O–H groups in total. The van der Waals surface area contributed by atoms with Gasteiger partial charge in [0.15, 0.2) is 5.11 Å². The lowest BCUT2D eigenvalue weighted by Gasteiger charge is -2.14. The van der Waals surface area contributed by atoms with E-state index in [-0.39, 0.29) is 0 Å². The van der Waals surface area contributed by atoms with E-state index in [9.17, 15) is 0 Å². The standard InChI is InChI=1S/C7H14N2S/c1-5-3-9(7(8)10)4-6(5)2/h5-6H,3-4H2,1-2H3,(H2,8,10). The van der Waals surface area contributed by atoms with Crippen molar-refractivity contribution in [3.8, 4) is 0 Å². The Morgan fingerprint density at radius 2 is 1.80 bits per heavy atom. The Bertz CT molecular complexity index is 137. The van der Waals surface area contributed by atoms with E-state index in [1.165, 1.54) is 0 Å². The van der Waals surface area contributed by atoms with Crippen molar-refractivity contribution in [2.24, 2.45) is 17.6 Å². The molecule has 0 spiro atoms. The summed E-state index contributed by atoms with van der Waals surface area (Å²) in [7, 11) is 0. The van der Waals surface area contributed by atoms with Gasteiger partial charge in [0, 0.05) is 13.1 Å². The van der Waals surface area contributed by atoms with Gasteiger partial charge in [0.2, 0.25) is 0 Å². The molecular weight excluding hydrogens is 144 g/mol. The number of nitrogens with two attached hydrogens (primary N) is 1. The Balaban J connectivity index is 2.49. The predicted octanol–water partition coefficient (Wildman–Crippen LogP) is 0.818. The van der Waals surface area contributed by atoms with Crippen LogP contribution in [0.15, 0.2) is 0 Å². The highest BCUT2D eigenvalue weighted by Crippen LogP contribution is 2.21. The molecule has 10 heavy (non-hydrogen) atoms. The van der Waals surface area contributed by atoms with Crippen LogP contribution in [0.2, 0.25) is 0 Å². The Hall–Kier alpha value is -0.310. The van der Waals surface area contributed by atoms with Gasteiger partial charge in [0.05, 0.1) is 0 Å². The van der Waals surface area contributed by atoms with Crippen LogP contribution in [0.5, 0.6) is 0 Å². The van der Waals surface area contributed by atoms with E-state index in [4.69, 9.17) is 18.0 Å². The molecule has 1 fully saturated rings. The van der Waals surface area contributed by atoms with Gasteiger partial charge in [-0.2, -0.15) is 0 Å². The first kappa shape index (κ1) is 7.79. The average molecular weight is 158 g/mol.